The van der Waals surface area contributed by atoms with Crippen molar-refractivity contribution in [3.05, 3.63) is 81.0 Å². The lowest BCUT2D eigenvalue weighted by Crippen LogP contribution is -2.34. The van der Waals surface area contributed by atoms with Crippen LogP contribution in [0.25, 0.3) is 0 Å². The minimum atomic E-state index is -0.502. The summed E-state index contributed by atoms with van der Waals surface area (Å²) in [4.78, 5) is 27.4. The first-order valence-corrected chi connectivity index (χ1v) is 11.0. The number of nitrogens with zero attached hydrogens (tertiary/aromatic N) is 3. The molecule has 1 amide bonds. The second kappa shape index (κ2) is 10.1. The smallest absolute Gasteiger partial charge is 0.269 e. The first-order chi connectivity index (χ1) is 15.2. The predicted molar refractivity (Wildman–Crippen MR) is 123 cm³/mol. The summed E-state index contributed by atoms with van der Waals surface area (Å²) < 4.78 is 14.2. The van der Waals surface area contributed by atoms with E-state index in [1.54, 1.807) is 11.0 Å². The van der Waals surface area contributed by atoms with Crippen LogP contribution in [0, 0.1) is 15.5 Å². The van der Waals surface area contributed by atoms with E-state index >= 15 is 0 Å². The molecular formula is C25H30FN3O3. The summed E-state index contributed by atoms with van der Waals surface area (Å²) in [6.07, 6.45) is 9.64. The van der Waals surface area contributed by atoms with Crippen molar-refractivity contribution in [2.75, 3.05) is 26.7 Å². The fraction of sp³-hybridized carbons (Fsp3) is 0.440. The number of allylic oxidation sites excluding steroid dienone is 3. The van der Waals surface area contributed by atoms with Gasteiger partial charge in [-0.25, -0.2) is 4.39 Å². The molecule has 6 nitrogen and oxygen atoms in total. The normalized spacial score (nSPS) is 21.0. The average Bonchev–Trinajstić information content (AvgIpc) is 3.65. The number of rotatable bonds is 6. The third kappa shape index (κ3) is 5.61. The Bertz CT molecular complexity index is 1000. The summed E-state index contributed by atoms with van der Waals surface area (Å²) in [5.41, 5.74) is 4.06. The van der Waals surface area contributed by atoms with Crippen LogP contribution >= 0.6 is 0 Å². The maximum Gasteiger partial charge on any atom is 0.269 e. The van der Waals surface area contributed by atoms with Gasteiger partial charge in [-0.3, -0.25) is 14.9 Å². The molecule has 2 aliphatic carbocycles. The Morgan fingerprint density at radius 2 is 1.91 bits per heavy atom. The lowest BCUT2D eigenvalue weighted by Gasteiger charge is -2.29. The lowest BCUT2D eigenvalue weighted by atomic mass is 9.80. The molecule has 1 unspecified atom stereocenters. The van der Waals surface area contributed by atoms with E-state index < -0.39 is 16.2 Å². The number of non-ortho nitro benzene ring substituents is 1. The van der Waals surface area contributed by atoms with Crippen molar-refractivity contribution >= 4 is 11.6 Å². The molecule has 32 heavy (non-hydrogen) atoms. The van der Waals surface area contributed by atoms with Crippen LogP contribution in [0.5, 0.6) is 0 Å². The number of hydrogen-bond donors (Lipinski definition) is 0. The fourth-order valence-electron chi connectivity index (χ4n) is 3.63. The predicted octanol–water partition coefficient (Wildman–Crippen LogP) is 5.40. The van der Waals surface area contributed by atoms with Crippen molar-refractivity contribution in [2.24, 2.45) is 5.41 Å². The third-order valence-electron chi connectivity index (χ3n) is 5.96. The van der Waals surface area contributed by atoms with Crippen LogP contribution in [0.4, 0.5) is 10.1 Å². The number of carbonyl (C=O) groups excluding carboxylic acids is 1. The van der Waals surface area contributed by atoms with Crippen LogP contribution in [0.2, 0.25) is 0 Å². The van der Waals surface area contributed by atoms with Gasteiger partial charge in [0.05, 0.1) is 10.6 Å². The average molecular weight is 440 g/mol. The molecule has 0 N–H and O–H groups in total. The number of carbonyl (C=O) groups is 1. The van der Waals surface area contributed by atoms with Gasteiger partial charge in [0.15, 0.2) is 0 Å². The zero-order chi connectivity index (χ0) is 23.3. The molecule has 1 aliphatic heterocycles. The van der Waals surface area contributed by atoms with E-state index in [0.29, 0.717) is 17.8 Å². The highest BCUT2D eigenvalue weighted by Crippen LogP contribution is 2.44. The Labute approximate surface area is 188 Å². The largest absolute Gasteiger partial charge is 0.307 e. The number of benzene rings is 1. The van der Waals surface area contributed by atoms with E-state index in [0.717, 1.165) is 25.1 Å². The van der Waals surface area contributed by atoms with Gasteiger partial charge in [0, 0.05) is 41.8 Å². The van der Waals surface area contributed by atoms with E-state index in [1.807, 2.05) is 14.0 Å². The summed E-state index contributed by atoms with van der Waals surface area (Å²) in [7, 11) is 2.03. The zero-order valence-corrected chi connectivity index (χ0v) is 18.9. The van der Waals surface area contributed by atoms with Crippen molar-refractivity contribution in [3.63, 3.8) is 0 Å². The summed E-state index contributed by atoms with van der Waals surface area (Å²) in [5.74, 6) is -0.667. The Balaban J connectivity index is 0.000000887. The van der Waals surface area contributed by atoms with Gasteiger partial charge in [-0.05, 0) is 50.3 Å². The molecule has 1 aromatic carbocycles. The Kier molecular flexibility index (Phi) is 7.44. The monoisotopic (exact) mass is 439 g/mol. The van der Waals surface area contributed by atoms with Crippen molar-refractivity contribution in [3.8, 4) is 0 Å². The molecule has 1 fully saturated rings. The summed E-state index contributed by atoms with van der Waals surface area (Å²) in [6.45, 7) is 6.24. The third-order valence-corrected chi connectivity index (χ3v) is 5.96. The van der Waals surface area contributed by atoms with Crippen LogP contribution < -0.4 is 0 Å². The molecule has 1 saturated carbocycles. The molecule has 0 radical (unpaired) electrons. The highest BCUT2D eigenvalue weighted by atomic mass is 19.1. The number of hydrogen-bond acceptors (Lipinski definition) is 4. The van der Waals surface area contributed by atoms with E-state index in [-0.39, 0.29) is 11.6 Å². The molecule has 1 aromatic rings. The van der Waals surface area contributed by atoms with E-state index in [4.69, 9.17) is 0 Å². The summed E-state index contributed by atoms with van der Waals surface area (Å²) in [6, 6.07) is 5.54. The number of halogens is 1. The van der Waals surface area contributed by atoms with Gasteiger partial charge >= 0.3 is 0 Å². The van der Waals surface area contributed by atoms with Crippen molar-refractivity contribution in [1.29, 1.82) is 0 Å². The van der Waals surface area contributed by atoms with Crippen LogP contribution in [0.15, 0.2) is 65.3 Å². The summed E-state index contributed by atoms with van der Waals surface area (Å²) in [5, 5.41) is 10.9. The molecular weight excluding hydrogens is 409 g/mol. The molecule has 7 heteroatoms. The zero-order valence-electron chi connectivity index (χ0n) is 18.9. The summed E-state index contributed by atoms with van der Waals surface area (Å²) >= 11 is 0. The van der Waals surface area contributed by atoms with E-state index in [9.17, 15) is 19.3 Å². The van der Waals surface area contributed by atoms with Crippen LogP contribution in [-0.4, -0.2) is 47.3 Å². The Morgan fingerprint density at radius 3 is 2.47 bits per heavy atom. The van der Waals surface area contributed by atoms with Gasteiger partial charge in [-0.15, -0.1) is 5.73 Å². The van der Waals surface area contributed by atoms with Crippen LogP contribution in [-0.2, 0) is 0 Å². The van der Waals surface area contributed by atoms with E-state index in [2.05, 4.69) is 17.6 Å². The van der Waals surface area contributed by atoms with Gasteiger partial charge in [0.25, 0.3) is 11.6 Å². The molecule has 4 rings (SSSR count). The highest BCUT2D eigenvalue weighted by molar-refractivity contribution is 5.96. The van der Waals surface area contributed by atoms with Gasteiger partial charge < -0.3 is 9.80 Å². The van der Waals surface area contributed by atoms with Gasteiger partial charge in [0.1, 0.15) is 5.83 Å². The van der Waals surface area contributed by atoms with Gasteiger partial charge in [-0.1, -0.05) is 33.1 Å². The molecule has 3 aliphatic rings. The SMILES string of the molecule is C1CC1.CCN(C)CCC1(C)CN(C(=O)c2ccc([N+](=O)[O-])cc2)C2=C1C=C(F)C=C=C2. The number of nitro benzene ring substituents is 1. The molecule has 170 valence electrons. The quantitative estimate of drug-likeness (QED) is 0.338. The lowest BCUT2D eigenvalue weighted by molar-refractivity contribution is -0.384. The van der Waals surface area contributed by atoms with E-state index in [1.165, 1.54) is 55.7 Å². The molecule has 0 aromatic heterocycles. The Hall–Kier alpha value is -3.02. The van der Waals surface area contributed by atoms with Crippen molar-refractivity contribution < 1.29 is 14.1 Å². The minimum absolute atomic E-state index is 0.0717. The highest BCUT2D eigenvalue weighted by Gasteiger charge is 2.42. The van der Waals surface area contributed by atoms with Crippen LogP contribution in [0.1, 0.15) is 49.9 Å². The molecule has 0 bridgehead atoms. The second-order valence-corrected chi connectivity index (χ2v) is 8.75. The molecule has 0 saturated heterocycles. The van der Waals surface area contributed by atoms with Crippen molar-refractivity contribution in [1.82, 2.24) is 9.80 Å². The maximum atomic E-state index is 14.2. The standard InChI is InChI=1S/C22H24FN3O3.C3H6/c1-4-24(3)13-12-22(2)15-25(20-7-5-6-17(23)14-19(20)22)21(27)16-8-10-18(11-9-16)26(28)29;1-2-3-1/h6-11,14H,4,12-13,15H2,1-3H3;1-3H2. The van der Waals surface area contributed by atoms with Crippen LogP contribution in [0.3, 0.4) is 0 Å². The number of nitro groups is 1. The topological polar surface area (TPSA) is 66.7 Å². The van der Waals surface area contributed by atoms with Gasteiger partial charge in [0.2, 0.25) is 0 Å². The molecule has 1 heterocycles. The number of amides is 1. The maximum absolute atomic E-state index is 14.2. The fourth-order valence-corrected chi connectivity index (χ4v) is 3.63. The Morgan fingerprint density at radius 1 is 1.25 bits per heavy atom. The molecule has 1 atom stereocenters. The first-order valence-electron chi connectivity index (χ1n) is 11.0. The van der Waals surface area contributed by atoms with Gasteiger partial charge in [-0.2, -0.15) is 0 Å². The minimum Gasteiger partial charge on any atom is -0.307 e. The molecule has 0 spiro atoms. The first kappa shape index (κ1) is 23.6. The van der Waals surface area contributed by atoms with Crippen molar-refractivity contribution in [2.45, 2.75) is 39.5 Å². The second-order valence-electron chi connectivity index (χ2n) is 8.75.